The Morgan fingerprint density at radius 2 is 1.07 bits per heavy atom. The Bertz CT molecular complexity index is 139. The van der Waals surface area contributed by atoms with Gasteiger partial charge in [-0.05, 0) is 36.5 Å². The molecular weight excluding hydrogens is 180 g/mol. The minimum absolute atomic E-state index is 0.692. The Balaban J connectivity index is 0.000000442. The van der Waals surface area contributed by atoms with E-state index < -0.39 is 0 Å². The van der Waals surface area contributed by atoms with Crippen LogP contribution in [0.5, 0.6) is 0 Å². The molecule has 15 heavy (non-hydrogen) atoms. The van der Waals surface area contributed by atoms with E-state index in [0.29, 0.717) is 5.41 Å². The van der Waals surface area contributed by atoms with Crippen molar-refractivity contribution in [3.8, 4) is 0 Å². The fourth-order valence-electron chi connectivity index (χ4n) is 3.63. The van der Waals surface area contributed by atoms with Gasteiger partial charge in [-0.2, -0.15) is 0 Å². The third-order valence-corrected chi connectivity index (χ3v) is 3.62. The molecule has 0 N–H and O–H groups in total. The lowest BCUT2D eigenvalue weighted by atomic mass is 9.50. The van der Waals surface area contributed by atoms with Crippen LogP contribution in [0.2, 0.25) is 0 Å². The molecule has 2 rings (SSSR count). The first-order valence-electron chi connectivity index (χ1n) is 7.12. The minimum Gasteiger partial charge on any atom is -0.0683 e. The van der Waals surface area contributed by atoms with Gasteiger partial charge in [0.1, 0.15) is 0 Å². The molecule has 0 unspecified atom stereocenters. The van der Waals surface area contributed by atoms with E-state index in [1.165, 1.54) is 44.9 Å². The van der Waals surface area contributed by atoms with E-state index in [-0.39, 0.29) is 0 Å². The molecule has 0 nitrogen and oxygen atoms in total. The third kappa shape index (κ3) is 4.17. The quantitative estimate of drug-likeness (QED) is 0.475. The summed E-state index contributed by atoms with van der Waals surface area (Å²) in [6.07, 6.45) is 10.6. The maximum absolute atomic E-state index is 2.42. The topological polar surface area (TPSA) is 0 Å². The Hall–Kier alpha value is 0. The van der Waals surface area contributed by atoms with Crippen LogP contribution in [0, 0.1) is 10.8 Å². The van der Waals surface area contributed by atoms with Gasteiger partial charge in [-0.15, -0.1) is 0 Å². The standard InChI is InChI=1S/C11H20.2C2H6/c1-10(2)8-11(9-10)6-4-3-5-7-11;2*1-2/h3-9H2,1-2H3;2*1-2H3. The molecule has 0 radical (unpaired) electrons. The molecule has 0 heterocycles. The minimum atomic E-state index is 0.692. The summed E-state index contributed by atoms with van der Waals surface area (Å²) < 4.78 is 0. The zero-order chi connectivity index (χ0) is 11.9. The van der Waals surface area contributed by atoms with Gasteiger partial charge in [-0.3, -0.25) is 0 Å². The highest BCUT2D eigenvalue weighted by atomic mass is 14.5. The first-order chi connectivity index (χ1) is 7.12. The molecule has 0 bridgehead atoms. The van der Waals surface area contributed by atoms with Crippen molar-refractivity contribution in [2.45, 2.75) is 86.5 Å². The molecule has 0 saturated heterocycles. The van der Waals surface area contributed by atoms with Crippen molar-refractivity contribution in [2.75, 3.05) is 0 Å². The van der Waals surface area contributed by atoms with Gasteiger partial charge >= 0.3 is 0 Å². The molecule has 0 aromatic rings. The third-order valence-electron chi connectivity index (χ3n) is 3.62. The molecule has 0 amide bonds. The summed E-state index contributed by atoms with van der Waals surface area (Å²) >= 11 is 0. The van der Waals surface area contributed by atoms with Crippen LogP contribution in [0.4, 0.5) is 0 Å². The van der Waals surface area contributed by atoms with Crippen LogP contribution < -0.4 is 0 Å². The molecule has 0 atom stereocenters. The van der Waals surface area contributed by atoms with Gasteiger partial charge in [0.2, 0.25) is 0 Å². The Labute approximate surface area is 97.8 Å². The highest BCUT2D eigenvalue weighted by molar-refractivity contribution is 4.99. The Kier molecular flexibility index (Phi) is 6.55. The lowest BCUT2D eigenvalue weighted by molar-refractivity contribution is -0.0419. The first-order valence-corrected chi connectivity index (χ1v) is 7.12. The van der Waals surface area contributed by atoms with E-state index in [4.69, 9.17) is 0 Å². The van der Waals surface area contributed by atoms with E-state index >= 15 is 0 Å². The van der Waals surface area contributed by atoms with Crippen molar-refractivity contribution in [1.29, 1.82) is 0 Å². The molecule has 92 valence electrons. The summed E-state index contributed by atoms with van der Waals surface area (Å²) in [6, 6.07) is 0. The molecule has 0 heteroatoms. The van der Waals surface area contributed by atoms with Crippen LogP contribution >= 0.6 is 0 Å². The van der Waals surface area contributed by atoms with E-state index in [0.717, 1.165) is 5.41 Å². The van der Waals surface area contributed by atoms with Crippen LogP contribution in [0.1, 0.15) is 86.5 Å². The molecule has 2 fully saturated rings. The number of hydrogen-bond acceptors (Lipinski definition) is 0. The Morgan fingerprint density at radius 1 is 0.667 bits per heavy atom. The predicted molar refractivity (Wildman–Crippen MR) is 71.2 cm³/mol. The van der Waals surface area contributed by atoms with Crippen molar-refractivity contribution in [1.82, 2.24) is 0 Å². The largest absolute Gasteiger partial charge is 0.0683 e. The second-order valence-electron chi connectivity index (χ2n) is 5.58. The van der Waals surface area contributed by atoms with Crippen LogP contribution in [-0.4, -0.2) is 0 Å². The van der Waals surface area contributed by atoms with Gasteiger partial charge in [0.25, 0.3) is 0 Å². The highest BCUT2D eigenvalue weighted by Crippen LogP contribution is 2.60. The fourth-order valence-corrected chi connectivity index (χ4v) is 3.63. The Morgan fingerprint density at radius 3 is 1.40 bits per heavy atom. The van der Waals surface area contributed by atoms with Crippen molar-refractivity contribution in [3.63, 3.8) is 0 Å². The van der Waals surface area contributed by atoms with E-state index in [9.17, 15) is 0 Å². The van der Waals surface area contributed by atoms with Crippen LogP contribution in [0.25, 0.3) is 0 Å². The van der Waals surface area contributed by atoms with Gasteiger partial charge in [0.05, 0.1) is 0 Å². The van der Waals surface area contributed by atoms with Crippen LogP contribution in [0.3, 0.4) is 0 Å². The van der Waals surface area contributed by atoms with Gasteiger partial charge in [-0.1, -0.05) is 60.8 Å². The molecule has 1 spiro atoms. The monoisotopic (exact) mass is 212 g/mol. The van der Waals surface area contributed by atoms with E-state index in [1.54, 1.807) is 0 Å². The zero-order valence-corrected chi connectivity index (χ0v) is 11.9. The van der Waals surface area contributed by atoms with Crippen molar-refractivity contribution in [2.24, 2.45) is 10.8 Å². The van der Waals surface area contributed by atoms with Crippen LogP contribution in [0.15, 0.2) is 0 Å². The van der Waals surface area contributed by atoms with Gasteiger partial charge in [0, 0.05) is 0 Å². The average molecular weight is 212 g/mol. The molecule has 0 aliphatic heterocycles. The number of hydrogen-bond donors (Lipinski definition) is 0. The van der Waals surface area contributed by atoms with E-state index in [2.05, 4.69) is 13.8 Å². The highest BCUT2D eigenvalue weighted by Gasteiger charge is 2.48. The average Bonchev–Trinajstić information content (AvgIpc) is 2.22. The van der Waals surface area contributed by atoms with Crippen molar-refractivity contribution >= 4 is 0 Å². The smallest absolute Gasteiger partial charge is 0.0287 e. The number of rotatable bonds is 0. The summed E-state index contributed by atoms with van der Waals surface area (Å²) in [5.74, 6) is 0. The van der Waals surface area contributed by atoms with E-state index in [1.807, 2.05) is 27.7 Å². The molecule has 2 aliphatic carbocycles. The van der Waals surface area contributed by atoms with Gasteiger partial charge in [0.15, 0.2) is 0 Å². The predicted octanol–water partition coefficient (Wildman–Crippen LogP) is 5.81. The second kappa shape index (κ2) is 6.55. The fraction of sp³-hybridized carbons (Fsp3) is 1.00. The van der Waals surface area contributed by atoms with Crippen molar-refractivity contribution < 1.29 is 0 Å². The van der Waals surface area contributed by atoms with Crippen LogP contribution in [-0.2, 0) is 0 Å². The normalized spacial score (nSPS) is 25.2. The molecule has 2 aliphatic rings. The molecule has 0 aromatic heterocycles. The maximum atomic E-state index is 2.42. The molecular formula is C15H32. The second-order valence-corrected chi connectivity index (χ2v) is 5.58. The lowest BCUT2D eigenvalue weighted by Gasteiger charge is -2.55. The summed E-state index contributed by atoms with van der Waals surface area (Å²) in [5.41, 5.74) is 1.53. The first kappa shape index (κ1) is 15.0. The zero-order valence-electron chi connectivity index (χ0n) is 11.9. The summed E-state index contributed by atoms with van der Waals surface area (Å²) in [5, 5.41) is 0. The van der Waals surface area contributed by atoms with Gasteiger partial charge in [-0.25, -0.2) is 0 Å². The summed E-state index contributed by atoms with van der Waals surface area (Å²) in [7, 11) is 0. The SMILES string of the molecule is CC.CC.CC1(C)CC2(CCCCC2)C1. The molecule has 0 aromatic carbocycles. The summed E-state index contributed by atoms with van der Waals surface area (Å²) in [4.78, 5) is 0. The lowest BCUT2D eigenvalue weighted by Crippen LogP contribution is -2.44. The maximum Gasteiger partial charge on any atom is -0.0287 e. The summed E-state index contributed by atoms with van der Waals surface area (Å²) in [6.45, 7) is 12.8. The van der Waals surface area contributed by atoms with Crippen molar-refractivity contribution in [3.05, 3.63) is 0 Å². The molecule has 2 saturated carbocycles. The van der Waals surface area contributed by atoms with Gasteiger partial charge < -0.3 is 0 Å².